The summed E-state index contributed by atoms with van der Waals surface area (Å²) >= 11 is 0. The maximum absolute atomic E-state index is 12.6. The van der Waals surface area contributed by atoms with Gasteiger partial charge in [-0.1, -0.05) is 13.3 Å². The molecule has 1 aliphatic heterocycles. The van der Waals surface area contributed by atoms with Crippen molar-refractivity contribution in [1.29, 1.82) is 0 Å². The van der Waals surface area contributed by atoms with Crippen molar-refractivity contribution in [1.82, 2.24) is 9.80 Å². The molecule has 23 heavy (non-hydrogen) atoms. The predicted molar refractivity (Wildman–Crippen MR) is 97.2 cm³/mol. The summed E-state index contributed by atoms with van der Waals surface area (Å²) < 4.78 is 0. The lowest BCUT2D eigenvalue weighted by Gasteiger charge is -2.37. The zero-order valence-electron chi connectivity index (χ0n) is 15.1. The molecule has 0 bridgehead atoms. The molecule has 1 heterocycles. The zero-order chi connectivity index (χ0) is 16.8. The molecule has 0 aliphatic carbocycles. The number of carbonyl (C=O) groups is 1. The van der Waals surface area contributed by atoms with Crippen molar-refractivity contribution in [3.63, 3.8) is 0 Å². The van der Waals surface area contributed by atoms with Crippen LogP contribution in [0.4, 0.5) is 5.69 Å². The Balaban J connectivity index is 1.93. The third kappa shape index (κ3) is 4.71. The SMILES string of the molecule is CCCCN(C)c1ccc(C(=O)N2CCN(C(C)C)CC2)cc1. The molecule has 4 heteroatoms. The summed E-state index contributed by atoms with van der Waals surface area (Å²) in [6, 6.07) is 8.62. The third-order valence-corrected chi connectivity index (χ3v) is 4.73. The van der Waals surface area contributed by atoms with Crippen LogP contribution in [-0.4, -0.2) is 61.5 Å². The van der Waals surface area contributed by atoms with E-state index in [0.29, 0.717) is 6.04 Å². The Morgan fingerprint density at radius 2 is 1.74 bits per heavy atom. The first-order valence-electron chi connectivity index (χ1n) is 8.87. The Kier molecular flexibility index (Phi) is 6.46. The van der Waals surface area contributed by atoms with Gasteiger partial charge in [-0.15, -0.1) is 0 Å². The van der Waals surface area contributed by atoms with E-state index in [-0.39, 0.29) is 5.91 Å². The maximum Gasteiger partial charge on any atom is 0.253 e. The summed E-state index contributed by atoms with van der Waals surface area (Å²) in [5, 5.41) is 0. The zero-order valence-corrected chi connectivity index (χ0v) is 15.1. The smallest absolute Gasteiger partial charge is 0.253 e. The molecule has 1 aromatic carbocycles. The number of piperazine rings is 1. The fraction of sp³-hybridized carbons (Fsp3) is 0.632. The van der Waals surface area contributed by atoms with Crippen LogP contribution in [0.5, 0.6) is 0 Å². The second-order valence-electron chi connectivity index (χ2n) is 6.74. The molecule has 1 amide bonds. The quantitative estimate of drug-likeness (QED) is 0.807. The number of nitrogens with zero attached hydrogens (tertiary/aromatic N) is 3. The normalized spacial score (nSPS) is 16.0. The van der Waals surface area contributed by atoms with Crippen LogP contribution in [0.15, 0.2) is 24.3 Å². The van der Waals surface area contributed by atoms with E-state index < -0.39 is 0 Å². The Hall–Kier alpha value is -1.55. The third-order valence-electron chi connectivity index (χ3n) is 4.73. The Morgan fingerprint density at radius 3 is 2.26 bits per heavy atom. The van der Waals surface area contributed by atoms with Crippen molar-refractivity contribution in [3.8, 4) is 0 Å². The highest BCUT2D eigenvalue weighted by Gasteiger charge is 2.23. The number of hydrogen-bond donors (Lipinski definition) is 0. The van der Waals surface area contributed by atoms with Crippen LogP contribution in [0, 0.1) is 0 Å². The molecular weight excluding hydrogens is 286 g/mol. The first-order valence-corrected chi connectivity index (χ1v) is 8.87. The van der Waals surface area contributed by atoms with Gasteiger partial charge < -0.3 is 9.80 Å². The first kappa shape index (κ1) is 17.8. The van der Waals surface area contributed by atoms with Gasteiger partial charge >= 0.3 is 0 Å². The van der Waals surface area contributed by atoms with E-state index in [1.54, 1.807) is 0 Å². The first-order chi connectivity index (χ1) is 11.0. The van der Waals surface area contributed by atoms with Gasteiger partial charge in [0.15, 0.2) is 0 Å². The lowest BCUT2D eigenvalue weighted by Crippen LogP contribution is -2.50. The van der Waals surface area contributed by atoms with Crippen molar-refractivity contribution in [2.75, 3.05) is 44.7 Å². The van der Waals surface area contributed by atoms with Crippen LogP contribution >= 0.6 is 0 Å². The average Bonchev–Trinajstić information content (AvgIpc) is 2.59. The van der Waals surface area contributed by atoms with E-state index in [1.807, 2.05) is 17.0 Å². The van der Waals surface area contributed by atoms with E-state index in [0.717, 1.165) is 38.3 Å². The minimum Gasteiger partial charge on any atom is -0.375 e. The van der Waals surface area contributed by atoms with Gasteiger partial charge in [0.1, 0.15) is 0 Å². The molecule has 0 N–H and O–H groups in total. The summed E-state index contributed by atoms with van der Waals surface area (Å²) in [6.45, 7) is 11.3. The van der Waals surface area contributed by atoms with Crippen LogP contribution in [-0.2, 0) is 0 Å². The summed E-state index contributed by atoms with van der Waals surface area (Å²) in [6.07, 6.45) is 2.39. The second kappa shape index (κ2) is 8.34. The number of hydrogen-bond acceptors (Lipinski definition) is 3. The molecule has 0 spiro atoms. The van der Waals surface area contributed by atoms with Crippen LogP contribution in [0.3, 0.4) is 0 Å². The molecular formula is C19H31N3O. The highest BCUT2D eigenvalue weighted by molar-refractivity contribution is 5.94. The van der Waals surface area contributed by atoms with E-state index in [4.69, 9.17) is 0 Å². The van der Waals surface area contributed by atoms with Crippen LogP contribution in [0.25, 0.3) is 0 Å². The molecule has 2 rings (SSSR count). The molecule has 0 saturated carbocycles. The summed E-state index contributed by atoms with van der Waals surface area (Å²) in [4.78, 5) is 19.3. The molecule has 0 atom stereocenters. The lowest BCUT2D eigenvalue weighted by molar-refractivity contribution is 0.0595. The summed E-state index contributed by atoms with van der Waals surface area (Å²) in [7, 11) is 2.11. The molecule has 1 saturated heterocycles. The minimum atomic E-state index is 0.163. The second-order valence-corrected chi connectivity index (χ2v) is 6.74. The average molecular weight is 317 g/mol. The molecule has 0 aromatic heterocycles. The number of rotatable bonds is 6. The number of carbonyl (C=O) groups excluding carboxylic acids is 1. The highest BCUT2D eigenvalue weighted by atomic mass is 16.2. The Labute approximate surface area is 141 Å². The molecule has 1 aliphatic rings. The van der Waals surface area contributed by atoms with Crippen molar-refractivity contribution in [2.45, 2.75) is 39.7 Å². The molecule has 128 valence electrons. The summed E-state index contributed by atoms with van der Waals surface area (Å²) in [5.74, 6) is 0.163. The van der Waals surface area contributed by atoms with Gasteiger partial charge in [0, 0.05) is 57.1 Å². The van der Waals surface area contributed by atoms with E-state index in [1.165, 1.54) is 18.5 Å². The van der Waals surface area contributed by atoms with Crippen LogP contribution < -0.4 is 4.90 Å². The van der Waals surface area contributed by atoms with Gasteiger partial charge in [0.05, 0.1) is 0 Å². The van der Waals surface area contributed by atoms with Crippen molar-refractivity contribution in [2.24, 2.45) is 0 Å². The topological polar surface area (TPSA) is 26.8 Å². The Morgan fingerprint density at radius 1 is 1.13 bits per heavy atom. The van der Waals surface area contributed by atoms with Gasteiger partial charge in [-0.3, -0.25) is 9.69 Å². The monoisotopic (exact) mass is 317 g/mol. The number of amides is 1. The molecule has 1 fully saturated rings. The van der Waals surface area contributed by atoms with Gasteiger partial charge in [-0.05, 0) is 44.5 Å². The van der Waals surface area contributed by atoms with Crippen molar-refractivity contribution in [3.05, 3.63) is 29.8 Å². The van der Waals surface area contributed by atoms with E-state index >= 15 is 0 Å². The number of benzene rings is 1. The van der Waals surface area contributed by atoms with Gasteiger partial charge in [0.2, 0.25) is 0 Å². The number of unbranched alkanes of at least 4 members (excludes halogenated alkanes) is 1. The molecule has 0 radical (unpaired) electrons. The van der Waals surface area contributed by atoms with Gasteiger partial charge in [0.25, 0.3) is 5.91 Å². The van der Waals surface area contributed by atoms with Crippen molar-refractivity contribution < 1.29 is 4.79 Å². The van der Waals surface area contributed by atoms with Gasteiger partial charge in [-0.2, -0.15) is 0 Å². The molecule has 0 unspecified atom stereocenters. The molecule has 1 aromatic rings. The standard InChI is InChI=1S/C19H31N3O/c1-5-6-11-20(4)18-9-7-17(8-10-18)19(23)22-14-12-21(13-15-22)16(2)3/h7-10,16H,5-6,11-15H2,1-4H3. The Bertz CT molecular complexity index is 490. The van der Waals surface area contributed by atoms with E-state index in [9.17, 15) is 4.79 Å². The highest BCUT2D eigenvalue weighted by Crippen LogP contribution is 2.17. The lowest BCUT2D eigenvalue weighted by atomic mass is 10.1. The summed E-state index contributed by atoms with van der Waals surface area (Å²) in [5.41, 5.74) is 1.98. The van der Waals surface area contributed by atoms with Crippen molar-refractivity contribution >= 4 is 11.6 Å². The fourth-order valence-electron chi connectivity index (χ4n) is 3.01. The van der Waals surface area contributed by atoms with Gasteiger partial charge in [-0.25, -0.2) is 0 Å². The molecule has 4 nitrogen and oxygen atoms in total. The van der Waals surface area contributed by atoms with E-state index in [2.05, 4.69) is 49.8 Å². The van der Waals surface area contributed by atoms with Crippen LogP contribution in [0.2, 0.25) is 0 Å². The minimum absolute atomic E-state index is 0.163. The largest absolute Gasteiger partial charge is 0.375 e. The predicted octanol–water partition coefficient (Wildman–Crippen LogP) is 3.09. The fourth-order valence-corrected chi connectivity index (χ4v) is 3.01. The number of anilines is 1. The van der Waals surface area contributed by atoms with Crippen LogP contribution in [0.1, 0.15) is 44.0 Å². The maximum atomic E-state index is 12.6.